The van der Waals surface area contributed by atoms with Crippen LogP contribution in [0.5, 0.6) is 17.2 Å². The van der Waals surface area contributed by atoms with Gasteiger partial charge in [0.1, 0.15) is 11.5 Å². The molecule has 0 spiro atoms. The highest BCUT2D eigenvalue weighted by Crippen LogP contribution is 2.36. The summed E-state index contributed by atoms with van der Waals surface area (Å²) in [6.07, 6.45) is 0. The van der Waals surface area contributed by atoms with E-state index >= 15 is 0 Å². The SMILES string of the molecule is COc1ccc(S(=O)(=O)CC(=O)Nc2nc(-c3ccc4c(c3)OCO4)cs2)cc1. The summed E-state index contributed by atoms with van der Waals surface area (Å²) in [7, 11) is -2.29. The number of ether oxygens (including phenoxy) is 3. The van der Waals surface area contributed by atoms with Gasteiger partial charge < -0.3 is 19.5 Å². The minimum absolute atomic E-state index is 0.0497. The van der Waals surface area contributed by atoms with E-state index in [2.05, 4.69) is 10.3 Å². The summed E-state index contributed by atoms with van der Waals surface area (Å²) in [6, 6.07) is 11.3. The number of amides is 1. The van der Waals surface area contributed by atoms with Crippen molar-refractivity contribution in [3.63, 3.8) is 0 Å². The molecule has 0 radical (unpaired) electrons. The maximum atomic E-state index is 12.4. The second kappa shape index (κ2) is 7.72. The Kier molecular flexibility index (Phi) is 5.12. The van der Waals surface area contributed by atoms with Crippen LogP contribution in [-0.4, -0.2) is 39.0 Å². The van der Waals surface area contributed by atoms with Gasteiger partial charge in [-0.25, -0.2) is 13.4 Å². The average molecular weight is 432 g/mol. The van der Waals surface area contributed by atoms with Crippen molar-refractivity contribution in [1.82, 2.24) is 4.98 Å². The number of thiazole rings is 1. The molecule has 8 nitrogen and oxygen atoms in total. The molecule has 1 aliphatic rings. The molecule has 29 heavy (non-hydrogen) atoms. The Morgan fingerprint density at radius 2 is 1.93 bits per heavy atom. The van der Waals surface area contributed by atoms with Crippen molar-refractivity contribution in [1.29, 1.82) is 0 Å². The lowest BCUT2D eigenvalue weighted by molar-refractivity contribution is -0.113. The molecule has 10 heteroatoms. The van der Waals surface area contributed by atoms with Crippen molar-refractivity contribution >= 4 is 32.2 Å². The Labute approximate surface area is 171 Å². The topological polar surface area (TPSA) is 104 Å². The molecule has 1 aliphatic heterocycles. The third kappa shape index (κ3) is 4.17. The van der Waals surface area contributed by atoms with Crippen molar-refractivity contribution in [2.45, 2.75) is 4.90 Å². The summed E-state index contributed by atoms with van der Waals surface area (Å²) < 4.78 is 40.5. The zero-order chi connectivity index (χ0) is 20.4. The maximum Gasteiger partial charge on any atom is 0.241 e. The van der Waals surface area contributed by atoms with Crippen LogP contribution in [0.2, 0.25) is 0 Å². The van der Waals surface area contributed by atoms with Crippen LogP contribution in [-0.2, 0) is 14.6 Å². The number of fused-ring (bicyclic) bond motifs is 1. The predicted molar refractivity (Wildman–Crippen MR) is 107 cm³/mol. The molecule has 3 aromatic rings. The van der Waals surface area contributed by atoms with Gasteiger partial charge in [0.25, 0.3) is 0 Å². The van der Waals surface area contributed by atoms with Gasteiger partial charge >= 0.3 is 0 Å². The highest BCUT2D eigenvalue weighted by molar-refractivity contribution is 7.92. The molecule has 0 aliphatic carbocycles. The fraction of sp³-hybridized carbons (Fsp3) is 0.158. The average Bonchev–Trinajstić information content (AvgIpc) is 3.36. The lowest BCUT2D eigenvalue weighted by atomic mass is 10.1. The highest BCUT2D eigenvalue weighted by atomic mass is 32.2. The lowest BCUT2D eigenvalue weighted by Crippen LogP contribution is -2.22. The van der Waals surface area contributed by atoms with Gasteiger partial charge in [-0.15, -0.1) is 11.3 Å². The van der Waals surface area contributed by atoms with E-state index in [9.17, 15) is 13.2 Å². The monoisotopic (exact) mass is 432 g/mol. The quantitative estimate of drug-likeness (QED) is 0.639. The Bertz CT molecular complexity index is 1160. The Morgan fingerprint density at radius 3 is 2.69 bits per heavy atom. The molecule has 0 atom stereocenters. The number of benzene rings is 2. The van der Waals surface area contributed by atoms with E-state index in [4.69, 9.17) is 14.2 Å². The number of aromatic nitrogens is 1. The van der Waals surface area contributed by atoms with Crippen molar-refractivity contribution in [2.24, 2.45) is 0 Å². The first-order valence-corrected chi connectivity index (χ1v) is 11.0. The summed E-state index contributed by atoms with van der Waals surface area (Å²) in [5.74, 6) is 0.491. The smallest absolute Gasteiger partial charge is 0.241 e. The van der Waals surface area contributed by atoms with Gasteiger partial charge in [0, 0.05) is 10.9 Å². The zero-order valence-corrected chi connectivity index (χ0v) is 16.9. The van der Waals surface area contributed by atoms with Crippen LogP contribution >= 0.6 is 11.3 Å². The van der Waals surface area contributed by atoms with Gasteiger partial charge in [0.05, 0.1) is 17.7 Å². The number of anilines is 1. The largest absolute Gasteiger partial charge is 0.497 e. The van der Waals surface area contributed by atoms with Crippen LogP contribution in [0.1, 0.15) is 0 Å². The number of methoxy groups -OCH3 is 1. The van der Waals surface area contributed by atoms with E-state index in [-0.39, 0.29) is 11.7 Å². The summed E-state index contributed by atoms with van der Waals surface area (Å²) in [5, 5.41) is 4.62. The van der Waals surface area contributed by atoms with Crippen LogP contribution in [0.3, 0.4) is 0 Å². The molecule has 1 aromatic heterocycles. The van der Waals surface area contributed by atoms with Crippen molar-refractivity contribution in [3.8, 4) is 28.5 Å². The molecule has 4 rings (SSSR count). The van der Waals surface area contributed by atoms with E-state index in [1.807, 2.05) is 6.07 Å². The minimum Gasteiger partial charge on any atom is -0.497 e. The van der Waals surface area contributed by atoms with Crippen LogP contribution < -0.4 is 19.5 Å². The first-order chi connectivity index (χ1) is 13.9. The first-order valence-electron chi connectivity index (χ1n) is 8.47. The van der Waals surface area contributed by atoms with Crippen LogP contribution in [0.4, 0.5) is 5.13 Å². The molecule has 2 aromatic carbocycles. The van der Waals surface area contributed by atoms with Crippen molar-refractivity contribution in [3.05, 3.63) is 47.8 Å². The van der Waals surface area contributed by atoms with E-state index in [0.717, 1.165) is 5.56 Å². The van der Waals surface area contributed by atoms with E-state index in [1.165, 1.54) is 42.7 Å². The van der Waals surface area contributed by atoms with Crippen LogP contribution in [0.15, 0.2) is 52.7 Å². The normalized spacial score (nSPS) is 12.6. The Morgan fingerprint density at radius 1 is 1.17 bits per heavy atom. The number of sulfone groups is 1. The third-order valence-electron chi connectivity index (χ3n) is 4.16. The molecular weight excluding hydrogens is 416 g/mol. The molecule has 150 valence electrons. The second-order valence-electron chi connectivity index (χ2n) is 6.09. The fourth-order valence-electron chi connectivity index (χ4n) is 2.71. The molecule has 2 heterocycles. The lowest BCUT2D eigenvalue weighted by Gasteiger charge is -2.05. The Balaban J connectivity index is 1.43. The number of carbonyl (C=O) groups excluding carboxylic acids is 1. The minimum atomic E-state index is -3.78. The molecule has 0 bridgehead atoms. The van der Waals surface area contributed by atoms with E-state index in [1.54, 1.807) is 17.5 Å². The number of carbonyl (C=O) groups is 1. The summed E-state index contributed by atoms with van der Waals surface area (Å²) >= 11 is 1.21. The molecular formula is C19H16N2O6S2. The standard InChI is InChI=1S/C19H16N2O6S2/c1-25-13-3-5-14(6-4-13)29(23,24)10-18(22)21-19-20-15(9-28-19)12-2-7-16-17(8-12)27-11-26-16/h2-9H,10-11H2,1H3,(H,20,21,22). The van der Waals surface area contributed by atoms with Crippen LogP contribution in [0.25, 0.3) is 11.3 Å². The van der Waals surface area contributed by atoms with E-state index in [0.29, 0.717) is 28.1 Å². The highest BCUT2D eigenvalue weighted by Gasteiger charge is 2.21. The summed E-state index contributed by atoms with van der Waals surface area (Å²) in [5.41, 5.74) is 1.44. The van der Waals surface area contributed by atoms with Gasteiger partial charge in [-0.2, -0.15) is 0 Å². The molecule has 1 amide bonds. The number of nitrogens with one attached hydrogen (secondary N) is 1. The number of nitrogens with zero attached hydrogens (tertiary/aromatic N) is 1. The van der Waals surface area contributed by atoms with Gasteiger partial charge in [-0.1, -0.05) is 0 Å². The number of rotatable bonds is 6. The van der Waals surface area contributed by atoms with E-state index < -0.39 is 21.5 Å². The first kappa shape index (κ1) is 19.2. The van der Waals surface area contributed by atoms with Gasteiger partial charge in [0.15, 0.2) is 26.5 Å². The van der Waals surface area contributed by atoms with Crippen molar-refractivity contribution < 1.29 is 27.4 Å². The maximum absolute atomic E-state index is 12.4. The number of hydrogen-bond acceptors (Lipinski definition) is 8. The molecule has 0 saturated carbocycles. The molecule has 1 N–H and O–H groups in total. The fourth-order valence-corrected chi connectivity index (χ4v) is 4.58. The Hall–Kier alpha value is -3.11. The van der Waals surface area contributed by atoms with Gasteiger partial charge in [-0.3, -0.25) is 4.79 Å². The van der Waals surface area contributed by atoms with Crippen LogP contribution in [0, 0.1) is 0 Å². The summed E-state index contributed by atoms with van der Waals surface area (Å²) in [6.45, 7) is 0.180. The summed E-state index contributed by atoms with van der Waals surface area (Å²) in [4.78, 5) is 16.6. The van der Waals surface area contributed by atoms with Gasteiger partial charge in [-0.05, 0) is 42.5 Å². The second-order valence-corrected chi connectivity index (χ2v) is 8.94. The third-order valence-corrected chi connectivity index (χ3v) is 6.55. The molecule has 0 fully saturated rings. The molecule has 0 unspecified atom stereocenters. The zero-order valence-electron chi connectivity index (χ0n) is 15.2. The predicted octanol–water partition coefficient (Wildman–Crippen LogP) is 2.96. The molecule has 0 saturated heterocycles. The van der Waals surface area contributed by atoms with Crippen molar-refractivity contribution in [2.75, 3.05) is 25.0 Å². The van der Waals surface area contributed by atoms with Gasteiger partial charge in [0.2, 0.25) is 12.7 Å². The number of hydrogen-bond donors (Lipinski definition) is 1.